The van der Waals surface area contributed by atoms with Crippen molar-refractivity contribution < 1.29 is 4.79 Å². The van der Waals surface area contributed by atoms with Crippen LogP contribution in [0.2, 0.25) is 0 Å². The lowest BCUT2D eigenvalue weighted by molar-refractivity contribution is -0.136. The highest BCUT2D eigenvalue weighted by Gasteiger charge is 2.32. The molecule has 0 unspecified atom stereocenters. The van der Waals surface area contributed by atoms with Crippen molar-refractivity contribution in [2.45, 2.75) is 62.5 Å². The number of nitrogens with zero attached hydrogens (tertiary/aromatic N) is 3. The fourth-order valence-electron chi connectivity index (χ4n) is 3.10. The van der Waals surface area contributed by atoms with Crippen molar-refractivity contribution in [3.63, 3.8) is 0 Å². The van der Waals surface area contributed by atoms with Crippen molar-refractivity contribution in [3.8, 4) is 10.7 Å². The molecule has 3 heterocycles. The van der Waals surface area contributed by atoms with Gasteiger partial charge in [0.25, 0.3) is 0 Å². The fourth-order valence-corrected chi connectivity index (χ4v) is 4.54. The number of carbonyl (C=O) groups excluding carboxylic acids is 1. The number of H-pyrrole nitrogens is 1. The van der Waals surface area contributed by atoms with Crippen LogP contribution in [0.5, 0.6) is 0 Å². The molecule has 3 atom stereocenters. The topological polar surface area (TPSA) is 61.9 Å². The molecule has 7 heteroatoms. The first-order valence-corrected chi connectivity index (χ1v) is 9.77. The zero-order chi connectivity index (χ0) is 16.4. The standard InChI is InChI=1S/C16H22N4OS2/c1-10-6-4-7-11(2)20(10)15(21)12(3)23-16-17-14(18-19-16)13-8-5-9-22-13/h5,8-12H,4,6-7H2,1-3H3,(H,17,18,19)/t10-,11-,12+/m0/s1. The lowest BCUT2D eigenvalue weighted by Crippen LogP contribution is -2.50. The van der Waals surface area contributed by atoms with Crippen LogP contribution in [0.1, 0.15) is 40.0 Å². The fraction of sp³-hybridized carbons (Fsp3) is 0.562. The third-order valence-electron chi connectivity index (χ3n) is 4.30. The van der Waals surface area contributed by atoms with Gasteiger partial charge in [-0.05, 0) is 51.5 Å². The number of aromatic amines is 1. The van der Waals surface area contributed by atoms with Crippen LogP contribution in [0.25, 0.3) is 10.7 Å². The number of aromatic nitrogens is 3. The molecule has 2 aromatic heterocycles. The largest absolute Gasteiger partial charge is 0.336 e. The summed E-state index contributed by atoms with van der Waals surface area (Å²) in [5.74, 6) is 0.957. The summed E-state index contributed by atoms with van der Waals surface area (Å²) in [5, 5.41) is 9.66. The van der Waals surface area contributed by atoms with Crippen molar-refractivity contribution in [3.05, 3.63) is 17.5 Å². The Balaban J connectivity index is 1.66. The van der Waals surface area contributed by atoms with Gasteiger partial charge in [0.2, 0.25) is 11.1 Å². The van der Waals surface area contributed by atoms with Crippen molar-refractivity contribution >= 4 is 29.0 Å². The first kappa shape index (κ1) is 16.5. The number of hydrogen-bond acceptors (Lipinski definition) is 5. The Morgan fingerprint density at radius 3 is 2.83 bits per heavy atom. The van der Waals surface area contributed by atoms with Gasteiger partial charge >= 0.3 is 0 Å². The number of nitrogens with one attached hydrogen (secondary N) is 1. The molecule has 0 aromatic carbocycles. The second-order valence-electron chi connectivity index (χ2n) is 6.08. The quantitative estimate of drug-likeness (QED) is 0.852. The Bertz CT molecular complexity index is 645. The van der Waals surface area contributed by atoms with Crippen LogP contribution in [0, 0.1) is 0 Å². The highest BCUT2D eigenvalue weighted by molar-refractivity contribution is 8.00. The molecule has 0 aliphatic carbocycles. The monoisotopic (exact) mass is 350 g/mol. The van der Waals surface area contributed by atoms with Crippen LogP contribution < -0.4 is 0 Å². The molecule has 124 valence electrons. The number of hydrogen-bond donors (Lipinski definition) is 1. The molecule has 3 rings (SSSR count). The van der Waals surface area contributed by atoms with Crippen molar-refractivity contribution in [1.82, 2.24) is 20.1 Å². The predicted octanol–water partition coefficient (Wildman–Crippen LogP) is 3.80. The smallest absolute Gasteiger partial charge is 0.236 e. The Labute approximate surface area is 144 Å². The average molecular weight is 351 g/mol. The number of carbonyl (C=O) groups is 1. The minimum atomic E-state index is -0.176. The zero-order valence-corrected chi connectivity index (χ0v) is 15.3. The number of thiophene rings is 1. The normalized spacial score (nSPS) is 23.0. The summed E-state index contributed by atoms with van der Waals surface area (Å²) < 4.78 is 0. The second-order valence-corrected chi connectivity index (χ2v) is 8.33. The van der Waals surface area contributed by atoms with Gasteiger partial charge in [0.1, 0.15) is 0 Å². The Morgan fingerprint density at radius 2 is 2.17 bits per heavy atom. The van der Waals surface area contributed by atoms with Gasteiger partial charge in [-0.25, -0.2) is 4.98 Å². The summed E-state index contributed by atoms with van der Waals surface area (Å²) >= 11 is 3.05. The van der Waals surface area contributed by atoms with Crippen molar-refractivity contribution in [1.29, 1.82) is 0 Å². The maximum absolute atomic E-state index is 12.8. The number of piperidine rings is 1. The Hall–Kier alpha value is -1.34. The molecule has 1 aliphatic rings. The van der Waals surface area contributed by atoms with Gasteiger partial charge in [-0.2, -0.15) is 0 Å². The predicted molar refractivity (Wildman–Crippen MR) is 94.6 cm³/mol. The number of rotatable bonds is 4. The molecule has 0 bridgehead atoms. The van der Waals surface area contributed by atoms with E-state index in [1.165, 1.54) is 18.2 Å². The van der Waals surface area contributed by atoms with Gasteiger partial charge in [-0.3, -0.25) is 9.89 Å². The van der Waals surface area contributed by atoms with E-state index in [1.54, 1.807) is 11.3 Å². The molecule has 2 aromatic rings. The van der Waals surface area contributed by atoms with E-state index >= 15 is 0 Å². The summed E-state index contributed by atoms with van der Waals surface area (Å²) in [5.41, 5.74) is 0. The maximum atomic E-state index is 12.8. The molecule has 1 aliphatic heterocycles. The first-order chi connectivity index (χ1) is 11.1. The Morgan fingerprint density at radius 1 is 1.43 bits per heavy atom. The van der Waals surface area contributed by atoms with E-state index in [0.29, 0.717) is 17.2 Å². The highest BCUT2D eigenvalue weighted by Crippen LogP contribution is 2.29. The van der Waals surface area contributed by atoms with E-state index in [4.69, 9.17) is 0 Å². The van der Waals surface area contributed by atoms with Gasteiger partial charge in [-0.15, -0.1) is 16.4 Å². The van der Waals surface area contributed by atoms with Gasteiger partial charge in [0.05, 0.1) is 10.1 Å². The summed E-state index contributed by atoms with van der Waals surface area (Å²) in [4.78, 5) is 20.4. The third kappa shape index (κ3) is 3.61. The highest BCUT2D eigenvalue weighted by atomic mass is 32.2. The lowest BCUT2D eigenvalue weighted by atomic mass is 9.97. The van der Waals surface area contributed by atoms with Gasteiger partial charge in [0.15, 0.2) is 5.82 Å². The number of likely N-dealkylation sites (tertiary alicyclic amines) is 1. The molecule has 0 spiro atoms. The van der Waals surface area contributed by atoms with E-state index in [-0.39, 0.29) is 11.2 Å². The van der Waals surface area contributed by atoms with Crippen LogP contribution in [0.15, 0.2) is 22.7 Å². The minimum absolute atomic E-state index is 0.176. The van der Waals surface area contributed by atoms with E-state index in [9.17, 15) is 4.79 Å². The van der Waals surface area contributed by atoms with Gasteiger partial charge < -0.3 is 4.90 Å². The molecule has 1 amide bonds. The van der Waals surface area contributed by atoms with E-state index in [1.807, 2.05) is 29.3 Å². The molecule has 23 heavy (non-hydrogen) atoms. The van der Waals surface area contributed by atoms with Crippen molar-refractivity contribution in [2.24, 2.45) is 0 Å². The second kappa shape index (κ2) is 7.05. The van der Waals surface area contributed by atoms with Crippen LogP contribution in [-0.4, -0.2) is 43.3 Å². The van der Waals surface area contributed by atoms with Gasteiger partial charge in [0, 0.05) is 12.1 Å². The number of amides is 1. The molecule has 1 fully saturated rings. The lowest BCUT2D eigenvalue weighted by Gasteiger charge is -2.40. The molecule has 0 radical (unpaired) electrons. The molecule has 1 saturated heterocycles. The SMILES string of the molecule is C[C@@H](Sc1n[nH]c(-c2cccs2)n1)C(=O)N1[C@@H](C)CCC[C@@H]1C. The minimum Gasteiger partial charge on any atom is -0.336 e. The zero-order valence-electron chi connectivity index (χ0n) is 13.7. The molecular weight excluding hydrogens is 328 g/mol. The third-order valence-corrected chi connectivity index (χ3v) is 6.12. The summed E-state index contributed by atoms with van der Waals surface area (Å²) in [7, 11) is 0. The summed E-state index contributed by atoms with van der Waals surface area (Å²) in [6, 6.07) is 4.64. The number of thioether (sulfide) groups is 1. The van der Waals surface area contributed by atoms with Crippen LogP contribution in [-0.2, 0) is 4.79 Å². The molecular formula is C16H22N4OS2. The van der Waals surface area contributed by atoms with E-state index < -0.39 is 0 Å². The summed E-state index contributed by atoms with van der Waals surface area (Å²) in [6.45, 7) is 6.24. The van der Waals surface area contributed by atoms with E-state index in [2.05, 4.69) is 29.0 Å². The maximum Gasteiger partial charge on any atom is 0.236 e. The molecule has 5 nitrogen and oxygen atoms in total. The molecule has 1 N–H and O–H groups in total. The average Bonchev–Trinajstić information content (AvgIpc) is 3.17. The Kier molecular flexibility index (Phi) is 5.06. The van der Waals surface area contributed by atoms with Gasteiger partial charge in [-0.1, -0.05) is 17.8 Å². The van der Waals surface area contributed by atoms with Crippen LogP contribution in [0.4, 0.5) is 0 Å². The first-order valence-electron chi connectivity index (χ1n) is 8.01. The van der Waals surface area contributed by atoms with E-state index in [0.717, 1.165) is 23.5 Å². The molecule has 0 saturated carbocycles. The van der Waals surface area contributed by atoms with Crippen LogP contribution in [0.3, 0.4) is 0 Å². The van der Waals surface area contributed by atoms with Crippen LogP contribution >= 0.6 is 23.1 Å². The summed E-state index contributed by atoms with van der Waals surface area (Å²) in [6.07, 6.45) is 3.39. The van der Waals surface area contributed by atoms with Crippen molar-refractivity contribution in [2.75, 3.05) is 0 Å².